The molecule has 1 aromatic heterocycles. The lowest BCUT2D eigenvalue weighted by atomic mass is 9.84. The maximum Gasteiger partial charge on any atom is 0.131 e. The molecule has 0 saturated carbocycles. The van der Waals surface area contributed by atoms with E-state index in [-0.39, 0.29) is 5.41 Å². The van der Waals surface area contributed by atoms with Crippen LogP contribution in [0.1, 0.15) is 46.2 Å². The maximum atomic E-state index is 4.41. The molecule has 0 aromatic carbocycles. The van der Waals surface area contributed by atoms with Gasteiger partial charge in [0.1, 0.15) is 12.1 Å². The van der Waals surface area contributed by atoms with Crippen molar-refractivity contribution >= 4 is 5.82 Å². The monoisotopic (exact) mass is 221 g/mol. The molecule has 0 aliphatic carbocycles. The van der Waals surface area contributed by atoms with E-state index in [0.717, 1.165) is 24.5 Å². The van der Waals surface area contributed by atoms with Crippen molar-refractivity contribution in [2.24, 2.45) is 0 Å². The summed E-state index contributed by atoms with van der Waals surface area (Å²) in [6.07, 6.45) is 4.00. The van der Waals surface area contributed by atoms with Crippen molar-refractivity contribution in [1.82, 2.24) is 9.97 Å². The standard InChI is InChI=1S/C13H23N3/c1-6-8-13(3,4)11-9-12(15-10-14-11)16(5)7-2/h9-10H,6-8H2,1-5H3. The van der Waals surface area contributed by atoms with Crippen LogP contribution in [0.4, 0.5) is 5.82 Å². The highest BCUT2D eigenvalue weighted by molar-refractivity contribution is 5.39. The van der Waals surface area contributed by atoms with Gasteiger partial charge in [-0.3, -0.25) is 0 Å². The molecule has 0 atom stereocenters. The Morgan fingerprint density at radius 1 is 1.25 bits per heavy atom. The van der Waals surface area contributed by atoms with E-state index in [2.05, 4.69) is 55.7 Å². The van der Waals surface area contributed by atoms with Crippen LogP contribution in [0.2, 0.25) is 0 Å². The third-order valence-corrected chi connectivity index (χ3v) is 3.09. The highest BCUT2D eigenvalue weighted by atomic mass is 15.2. The summed E-state index contributed by atoms with van der Waals surface area (Å²) in [6.45, 7) is 9.79. The Bertz CT molecular complexity index is 334. The molecule has 1 aromatic rings. The summed E-state index contributed by atoms with van der Waals surface area (Å²) in [6, 6.07) is 2.11. The van der Waals surface area contributed by atoms with E-state index in [1.54, 1.807) is 6.33 Å². The number of nitrogens with zero attached hydrogens (tertiary/aromatic N) is 3. The van der Waals surface area contributed by atoms with Gasteiger partial charge in [-0.05, 0) is 13.3 Å². The van der Waals surface area contributed by atoms with Crippen LogP contribution >= 0.6 is 0 Å². The lowest BCUT2D eigenvalue weighted by Gasteiger charge is -2.25. The molecule has 0 aliphatic heterocycles. The van der Waals surface area contributed by atoms with Gasteiger partial charge in [0, 0.05) is 25.1 Å². The van der Waals surface area contributed by atoms with Gasteiger partial charge in [0.2, 0.25) is 0 Å². The van der Waals surface area contributed by atoms with Crippen LogP contribution < -0.4 is 4.90 Å². The van der Waals surface area contributed by atoms with Gasteiger partial charge in [-0.1, -0.05) is 27.2 Å². The fourth-order valence-corrected chi connectivity index (χ4v) is 1.84. The molecule has 0 aliphatic rings. The Kier molecular flexibility index (Phi) is 4.27. The minimum absolute atomic E-state index is 0.140. The average molecular weight is 221 g/mol. The predicted octanol–water partition coefficient (Wildman–Crippen LogP) is 3.01. The lowest BCUT2D eigenvalue weighted by molar-refractivity contribution is 0.458. The molecule has 3 heteroatoms. The van der Waals surface area contributed by atoms with Crippen molar-refractivity contribution in [2.45, 2.75) is 46.0 Å². The summed E-state index contributed by atoms with van der Waals surface area (Å²) >= 11 is 0. The van der Waals surface area contributed by atoms with E-state index in [4.69, 9.17) is 0 Å². The van der Waals surface area contributed by atoms with E-state index in [1.165, 1.54) is 6.42 Å². The largest absolute Gasteiger partial charge is 0.360 e. The van der Waals surface area contributed by atoms with E-state index in [1.807, 2.05) is 0 Å². The van der Waals surface area contributed by atoms with E-state index in [0.29, 0.717) is 0 Å². The molecule has 0 N–H and O–H groups in total. The van der Waals surface area contributed by atoms with E-state index >= 15 is 0 Å². The van der Waals surface area contributed by atoms with Gasteiger partial charge >= 0.3 is 0 Å². The van der Waals surface area contributed by atoms with Crippen molar-refractivity contribution in [3.8, 4) is 0 Å². The molecule has 1 rings (SSSR count). The number of hydrogen-bond donors (Lipinski definition) is 0. The van der Waals surface area contributed by atoms with Crippen LogP contribution in [-0.4, -0.2) is 23.6 Å². The second kappa shape index (κ2) is 5.28. The molecule has 3 nitrogen and oxygen atoms in total. The lowest BCUT2D eigenvalue weighted by Crippen LogP contribution is -2.22. The molecule has 0 radical (unpaired) electrons. The first-order valence-corrected chi connectivity index (χ1v) is 6.05. The molecule has 0 unspecified atom stereocenters. The van der Waals surface area contributed by atoms with Gasteiger partial charge in [-0.15, -0.1) is 0 Å². The van der Waals surface area contributed by atoms with Crippen molar-refractivity contribution in [3.05, 3.63) is 18.1 Å². The Balaban J connectivity index is 2.98. The second-order valence-corrected chi connectivity index (χ2v) is 4.91. The fourth-order valence-electron chi connectivity index (χ4n) is 1.84. The normalized spacial score (nSPS) is 11.6. The summed E-state index contributed by atoms with van der Waals surface area (Å²) in [5, 5.41) is 0. The smallest absolute Gasteiger partial charge is 0.131 e. The van der Waals surface area contributed by atoms with Gasteiger partial charge in [0.15, 0.2) is 0 Å². The first kappa shape index (κ1) is 12.9. The second-order valence-electron chi connectivity index (χ2n) is 4.91. The van der Waals surface area contributed by atoms with Gasteiger partial charge in [0.05, 0.1) is 5.69 Å². The van der Waals surface area contributed by atoms with Crippen LogP contribution in [0.15, 0.2) is 12.4 Å². The first-order valence-electron chi connectivity index (χ1n) is 6.05. The molecule has 0 amide bonds. The predicted molar refractivity (Wildman–Crippen MR) is 68.9 cm³/mol. The topological polar surface area (TPSA) is 29.0 Å². The summed E-state index contributed by atoms with van der Waals surface area (Å²) in [5.74, 6) is 1.01. The maximum absolute atomic E-state index is 4.41. The number of rotatable bonds is 5. The molecule has 0 spiro atoms. The zero-order valence-corrected chi connectivity index (χ0v) is 11.1. The molecule has 0 bridgehead atoms. The zero-order valence-electron chi connectivity index (χ0n) is 11.1. The van der Waals surface area contributed by atoms with Gasteiger partial charge in [-0.2, -0.15) is 0 Å². The van der Waals surface area contributed by atoms with Gasteiger partial charge in [0.25, 0.3) is 0 Å². The summed E-state index contributed by atoms with van der Waals surface area (Å²) in [4.78, 5) is 10.8. The summed E-state index contributed by atoms with van der Waals surface area (Å²) in [5.41, 5.74) is 1.28. The van der Waals surface area contributed by atoms with Crippen LogP contribution in [0, 0.1) is 0 Å². The van der Waals surface area contributed by atoms with Crippen molar-refractivity contribution in [2.75, 3.05) is 18.5 Å². The SMILES string of the molecule is CCCC(C)(C)c1cc(N(C)CC)ncn1. The van der Waals surface area contributed by atoms with Crippen LogP contribution in [-0.2, 0) is 5.41 Å². The fraction of sp³-hybridized carbons (Fsp3) is 0.692. The molecule has 0 fully saturated rings. The van der Waals surface area contributed by atoms with E-state index in [9.17, 15) is 0 Å². The van der Waals surface area contributed by atoms with Gasteiger partial charge in [-0.25, -0.2) is 9.97 Å². The Morgan fingerprint density at radius 3 is 2.50 bits per heavy atom. The van der Waals surface area contributed by atoms with Crippen molar-refractivity contribution in [3.63, 3.8) is 0 Å². The molecule has 90 valence electrons. The summed E-state index contributed by atoms with van der Waals surface area (Å²) in [7, 11) is 2.05. The van der Waals surface area contributed by atoms with Crippen LogP contribution in [0.5, 0.6) is 0 Å². The van der Waals surface area contributed by atoms with Crippen molar-refractivity contribution < 1.29 is 0 Å². The third kappa shape index (κ3) is 2.94. The van der Waals surface area contributed by atoms with E-state index < -0.39 is 0 Å². The highest BCUT2D eigenvalue weighted by Gasteiger charge is 2.21. The number of aromatic nitrogens is 2. The summed E-state index contributed by atoms with van der Waals surface area (Å²) < 4.78 is 0. The average Bonchev–Trinajstić information content (AvgIpc) is 2.28. The van der Waals surface area contributed by atoms with Crippen LogP contribution in [0.3, 0.4) is 0 Å². The Morgan fingerprint density at radius 2 is 1.94 bits per heavy atom. The van der Waals surface area contributed by atoms with Crippen LogP contribution in [0.25, 0.3) is 0 Å². The first-order chi connectivity index (χ1) is 7.51. The minimum Gasteiger partial charge on any atom is -0.360 e. The molecular formula is C13H23N3. The Labute approximate surface area is 98.9 Å². The molecule has 0 saturated heterocycles. The van der Waals surface area contributed by atoms with Gasteiger partial charge < -0.3 is 4.90 Å². The quantitative estimate of drug-likeness (QED) is 0.765. The highest BCUT2D eigenvalue weighted by Crippen LogP contribution is 2.27. The molecular weight excluding hydrogens is 198 g/mol. The molecule has 1 heterocycles. The molecule has 16 heavy (non-hydrogen) atoms. The number of anilines is 1. The van der Waals surface area contributed by atoms with Crippen molar-refractivity contribution in [1.29, 1.82) is 0 Å². The minimum atomic E-state index is 0.140. The number of hydrogen-bond acceptors (Lipinski definition) is 3. The Hall–Kier alpha value is -1.12. The zero-order chi connectivity index (χ0) is 12.2. The third-order valence-electron chi connectivity index (χ3n) is 3.09.